The van der Waals surface area contributed by atoms with Crippen molar-refractivity contribution < 1.29 is 14.6 Å². The molecule has 1 heterocycles. The molecule has 2 aromatic carbocycles. The van der Waals surface area contributed by atoms with Gasteiger partial charge in [0.15, 0.2) is 0 Å². The molecule has 0 saturated carbocycles. The van der Waals surface area contributed by atoms with Crippen LogP contribution in [0.4, 0.5) is 16.2 Å². The lowest BCUT2D eigenvalue weighted by atomic mass is 9.66. The zero-order valence-corrected chi connectivity index (χ0v) is 18.2. The van der Waals surface area contributed by atoms with Crippen LogP contribution < -0.4 is 9.64 Å². The highest BCUT2D eigenvalue weighted by atomic mass is 16.5. The standard InChI is InChI=1S/C24H31NO3/c1-14(2)16-10-12-18-21(20(16)23(3,4)5)24(6,7)17-11-9-15(28-8)13-19(17)25(18)22(26)27/h9-14H,1-8H3,(H,26,27). The van der Waals surface area contributed by atoms with Crippen molar-refractivity contribution in [2.75, 3.05) is 12.0 Å². The van der Waals surface area contributed by atoms with Gasteiger partial charge in [-0.15, -0.1) is 0 Å². The Labute approximate surface area is 168 Å². The third-order valence-corrected chi connectivity index (χ3v) is 5.76. The van der Waals surface area contributed by atoms with Crippen molar-refractivity contribution in [3.63, 3.8) is 0 Å². The average molecular weight is 382 g/mol. The second kappa shape index (κ2) is 6.54. The van der Waals surface area contributed by atoms with Crippen LogP contribution in [0, 0.1) is 0 Å². The van der Waals surface area contributed by atoms with Crippen molar-refractivity contribution in [1.29, 1.82) is 0 Å². The van der Waals surface area contributed by atoms with Crippen LogP contribution in [0.3, 0.4) is 0 Å². The molecule has 4 heteroatoms. The van der Waals surface area contributed by atoms with Gasteiger partial charge < -0.3 is 9.84 Å². The molecule has 1 aliphatic rings. The Balaban J connectivity index is 2.47. The average Bonchev–Trinajstić information content (AvgIpc) is 2.59. The van der Waals surface area contributed by atoms with E-state index in [0.29, 0.717) is 17.4 Å². The van der Waals surface area contributed by atoms with Crippen LogP contribution in [0.1, 0.15) is 76.6 Å². The minimum absolute atomic E-state index is 0.115. The van der Waals surface area contributed by atoms with Crippen molar-refractivity contribution in [2.45, 2.75) is 65.2 Å². The van der Waals surface area contributed by atoms with Crippen LogP contribution in [0.5, 0.6) is 5.75 Å². The Morgan fingerprint density at radius 2 is 1.75 bits per heavy atom. The van der Waals surface area contributed by atoms with Crippen LogP contribution in [0.2, 0.25) is 0 Å². The summed E-state index contributed by atoms with van der Waals surface area (Å²) in [5, 5.41) is 10.1. The molecule has 28 heavy (non-hydrogen) atoms. The number of amides is 1. The quantitative estimate of drug-likeness (QED) is 0.640. The summed E-state index contributed by atoms with van der Waals surface area (Å²) in [6, 6.07) is 9.80. The molecule has 0 fully saturated rings. The topological polar surface area (TPSA) is 49.8 Å². The number of rotatable bonds is 2. The van der Waals surface area contributed by atoms with E-state index in [1.807, 2.05) is 24.3 Å². The van der Waals surface area contributed by atoms with Crippen molar-refractivity contribution in [3.05, 3.63) is 52.6 Å². The van der Waals surface area contributed by atoms with Gasteiger partial charge in [-0.1, -0.05) is 60.6 Å². The zero-order chi connectivity index (χ0) is 21.0. The molecule has 0 spiro atoms. The van der Waals surface area contributed by atoms with Gasteiger partial charge in [0.25, 0.3) is 0 Å². The molecule has 0 atom stereocenters. The molecule has 1 N–H and O–H groups in total. The van der Waals surface area contributed by atoms with Crippen LogP contribution in [-0.2, 0) is 10.8 Å². The van der Waals surface area contributed by atoms with Crippen LogP contribution >= 0.6 is 0 Å². The number of carboxylic acid groups (broad SMARTS) is 1. The molecular formula is C24H31NO3. The lowest BCUT2D eigenvalue weighted by molar-refractivity contribution is 0.204. The van der Waals surface area contributed by atoms with E-state index in [9.17, 15) is 9.90 Å². The fourth-order valence-corrected chi connectivity index (χ4v) is 4.54. The zero-order valence-electron chi connectivity index (χ0n) is 18.2. The maximum atomic E-state index is 12.4. The minimum Gasteiger partial charge on any atom is -0.497 e. The Bertz CT molecular complexity index is 936. The van der Waals surface area contributed by atoms with Crippen molar-refractivity contribution in [1.82, 2.24) is 0 Å². The van der Waals surface area contributed by atoms with Gasteiger partial charge in [0.2, 0.25) is 0 Å². The van der Waals surface area contributed by atoms with Gasteiger partial charge in [0, 0.05) is 11.5 Å². The molecule has 0 aromatic heterocycles. The number of ether oxygens (including phenoxy) is 1. The van der Waals surface area contributed by atoms with Gasteiger partial charge in [-0.3, -0.25) is 0 Å². The highest BCUT2D eigenvalue weighted by Crippen LogP contribution is 2.54. The number of nitrogens with zero attached hydrogens (tertiary/aromatic N) is 1. The number of fused-ring (bicyclic) bond motifs is 2. The largest absolute Gasteiger partial charge is 0.497 e. The number of hydrogen-bond donors (Lipinski definition) is 1. The number of anilines is 2. The summed E-state index contributed by atoms with van der Waals surface area (Å²) in [6.07, 6.45) is -0.983. The predicted octanol–water partition coefficient (Wildman–Crippen LogP) is 6.57. The summed E-state index contributed by atoms with van der Waals surface area (Å²) < 4.78 is 5.37. The summed E-state index contributed by atoms with van der Waals surface area (Å²) in [4.78, 5) is 13.8. The summed E-state index contributed by atoms with van der Waals surface area (Å²) in [6.45, 7) is 15.4. The normalized spacial score (nSPS) is 15.2. The summed E-state index contributed by atoms with van der Waals surface area (Å²) >= 11 is 0. The van der Waals surface area contributed by atoms with Gasteiger partial charge in [0.05, 0.1) is 18.5 Å². The van der Waals surface area contributed by atoms with E-state index in [1.54, 1.807) is 7.11 Å². The number of benzene rings is 2. The molecule has 0 saturated heterocycles. The first-order valence-electron chi connectivity index (χ1n) is 9.80. The van der Waals surface area contributed by atoms with Gasteiger partial charge >= 0.3 is 6.09 Å². The van der Waals surface area contributed by atoms with Crippen molar-refractivity contribution >= 4 is 17.5 Å². The molecule has 0 radical (unpaired) electrons. The lowest BCUT2D eigenvalue weighted by Crippen LogP contribution is -2.38. The number of methoxy groups -OCH3 is 1. The first-order chi connectivity index (χ1) is 12.9. The first-order valence-corrected chi connectivity index (χ1v) is 9.80. The van der Waals surface area contributed by atoms with E-state index < -0.39 is 6.09 Å². The molecule has 3 rings (SSSR count). The smallest absolute Gasteiger partial charge is 0.416 e. The highest BCUT2D eigenvalue weighted by Gasteiger charge is 2.43. The van der Waals surface area contributed by atoms with Crippen LogP contribution in [-0.4, -0.2) is 18.3 Å². The van der Waals surface area contributed by atoms with Crippen molar-refractivity contribution in [2.24, 2.45) is 0 Å². The summed E-state index contributed by atoms with van der Waals surface area (Å²) in [7, 11) is 1.60. The third-order valence-electron chi connectivity index (χ3n) is 5.76. The Morgan fingerprint density at radius 1 is 1.11 bits per heavy atom. The highest BCUT2D eigenvalue weighted by molar-refractivity contribution is 6.00. The Morgan fingerprint density at radius 3 is 2.25 bits per heavy atom. The third kappa shape index (κ3) is 2.95. The fourth-order valence-electron chi connectivity index (χ4n) is 4.54. The predicted molar refractivity (Wildman–Crippen MR) is 115 cm³/mol. The molecule has 150 valence electrons. The second-order valence-corrected chi connectivity index (χ2v) is 9.45. The van der Waals surface area contributed by atoms with E-state index in [4.69, 9.17) is 4.74 Å². The lowest BCUT2D eigenvalue weighted by Gasteiger charge is -2.44. The Hall–Kier alpha value is -2.49. The minimum atomic E-state index is -0.983. The maximum Gasteiger partial charge on any atom is 0.416 e. The van der Waals surface area contributed by atoms with E-state index in [1.165, 1.54) is 16.0 Å². The monoisotopic (exact) mass is 381 g/mol. The SMILES string of the molecule is COc1ccc2c(c1)N(C(=O)O)c1ccc(C(C)C)c(C(C)(C)C)c1C2(C)C. The number of carbonyl (C=O) groups is 1. The van der Waals surface area contributed by atoms with Crippen molar-refractivity contribution in [3.8, 4) is 5.75 Å². The van der Waals surface area contributed by atoms with Gasteiger partial charge in [-0.2, -0.15) is 0 Å². The molecule has 0 bridgehead atoms. The molecular weight excluding hydrogens is 350 g/mol. The molecule has 2 aromatic rings. The molecule has 1 amide bonds. The van der Waals surface area contributed by atoms with E-state index in [2.05, 4.69) is 54.5 Å². The second-order valence-electron chi connectivity index (χ2n) is 9.45. The summed E-state index contributed by atoms with van der Waals surface area (Å²) in [5.74, 6) is 1.00. The van der Waals surface area contributed by atoms with E-state index in [-0.39, 0.29) is 10.8 Å². The Kier molecular flexibility index (Phi) is 4.73. The van der Waals surface area contributed by atoms with Crippen LogP contribution in [0.25, 0.3) is 0 Å². The molecule has 0 aliphatic carbocycles. The van der Waals surface area contributed by atoms with Crippen LogP contribution in [0.15, 0.2) is 30.3 Å². The summed E-state index contributed by atoms with van der Waals surface area (Å²) in [5.41, 5.74) is 5.58. The molecule has 4 nitrogen and oxygen atoms in total. The number of hydrogen-bond acceptors (Lipinski definition) is 2. The van der Waals surface area contributed by atoms with Gasteiger partial charge in [0.1, 0.15) is 5.75 Å². The molecule has 1 aliphatic heterocycles. The fraction of sp³-hybridized carbons (Fsp3) is 0.458. The van der Waals surface area contributed by atoms with E-state index in [0.717, 1.165) is 16.8 Å². The van der Waals surface area contributed by atoms with Gasteiger partial charge in [-0.25, -0.2) is 9.69 Å². The maximum absolute atomic E-state index is 12.4. The van der Waals surface area contributed by atoms with Gasteiger partial charge in [-0.05, 0) is 45.7 Å². The first kappa shape index (κ1) is 20.2. The molecule has 0 unspecified atom stereocenters. The van der Waals surface area contributed by atoms with E-state index >= 15 is 0 Å².